The Bertz CT molecular complexity index is 626. The van der Waals surface area contributed by atoms with Crippen LogP contribution in [0.25, 0.3) is 0 Å². The zero-order chi connectivity index (χ0) is 17.0. The van der Waals surface area contributed by atoms with Crippen molar-refractivity contribution in [3.8, 4) is 6.07 Å². The molecule has 0 bridgehead atoms. The number of methoxy groups -OCH3 is 1. The van der Waals surface area contributed by atoms with Crippen molar-refractivity contribution in [1.29, 1.82) is 5.26 Å². The summed E-state index contributed by atoms with van der Waals surface area (Å²) in [5, 5.41) is 13.1. The van der Waals surface area contributed by atoms with E-state index >= 15 is 0 Å². The van der Waals surface area contributed by atoms with Gasteiger partial charge in [-0.25, -0.2) is 0 Å². The normalized spacial score (nSPS) is 25.3. The van der Waals surface area contributed by atoms with E-state index in [1.165, 1.54) is 7.11 Å². The second kappa shape index (κ2) is 7.33. The number of hydrogen-bond donors (Lipinski definition) is 1. The first kappa shape index (κ1) is 16.9. The minimum absolute atomic E-state index is 0.0230. The number of nitriles is 1. The van der Waals surface area contributed by atoms with Crippen LogP contribution in [0.2, 0.25) is 0 Å². The summed E-state index contributed by atoms with van der Waals surface area (Å²) in [5.41, 5.74) is 1.76. The van der Waals surface area contributed by atoms with Crippen molar-refractivity contribution in [1.82, 2.24) is 5.32 Å². The Hall–Kier alpha value is -1.90. The van der Waals surface area contributed by atoms with Crippen LogP contribution in [0, 0.1) is 17.2 Å². The van der Waals surface area contributed by atoms with Gasteiger partial charge >= 0.3 is 5.97 Å². The van der Waals surface area contributed by atoms with E-state index < -0.39 is 5.41 Å². The van der Waals surface area contributed by atoms with Crippen LogP contribution in [0.15, 0.2) is 24.3 Å². The first-order chi connectivity index (χ1) is 11.7. The summed E-state index contributed by atoms with van der Waals surface area (Å²) >= 11 is 0. The molecule has 0 radical (unpaired) electrons. The molecule has 1 heterocycles. The zero-order valence-electron chi connectivity index (χ0n) is 14.1. The molecule has 0 atom stereocenters. The van der Waals surface area contributed by atoms with Crippen molar-refractivity contribution in [3.63, 3.8) is 0 Å². The summed E-state index contributed by atoms with van der Waals surface area (Å²) in [5.74, 6) is -0.168. The van der Waals surface area contributed by atoms with Crippen LogP contribution in [-0.4, -0.2) is 32.3 Å². The lowest BCUT2D eigenvalue weighted by Crippen LogP contribution is -2.40. The summed E-state index contributed by atoms with van der Waals surface area (Å²) < 4.78 is 10.7. The molecule has 0 aromatic heterocycles. The lowest BCUT2D eigenvalue weighted by molar-refractivity contribution is -0.155. The summed E-state index contributed by atoms with van der Waals surface area (Å²) in [7, 11) is 1.42. The van der Waals surface area contributed by atoms with Gasteiger partial charge in [-0.1, -0.05) is 24.3 Å². The topological polar surface area (TPSA) is 71.3 Å². The molecule has 2 aliphatic rings. The van der Waals surface area contributed by atoms with Crippen molar-refractivity contribution in [2.75, 3.05) is 20.2 Å². The van der Waals surface area contributed by atoms with Gasteiger partial charge in [0.1, 0.15) is 0 Å². The predicted octanol–water partition coefficient (Wildman–Crippen LogP) is 2.30. The largest absolute Gasteiger partial charge is 0.469 e. The van der Waals surface area contributed by atoms with Crippen LogP contribution in [0.4, 0.5) is 0 Å². The molecule has 1 aliphatic carbocycles. The standard InChI is InChI=1S/C19H24N2O3/c1-23-18(22)15-10-16(11-15)24-12-14-4-2-3-5-17(14)19(13-20)6-8-21-9-7-19/h2-5,15-16,21H,6-12H2,1H3. The quantitative estimate of drug-likeness (QED) is 0.840. The maximum atomic E-state index is 11.4. The Morgan fingerprint density at radius 1 is 1.33 bits per heavy atom. The van der Waals surface area contributed by atoms with E-state index in [4.69, 9.17) is 9.47 Å². The summed E-state index contributed by atoms with van der Waals surface area (Å²) in [4.78, 5) is 11.4. The van der Waals surface area contributed by atoms with Gasteiger partial charge in [-0.15, -0.1) is 0 Å². The molecule has 5 nitrogen and oxygen atoms in total. The van der Waals surface area contributed by atoms with E-state index in [0.717, 1.165) is 49.9 Å². The maximum absolute atomic E-state index is 11.4. The molecule has 24 heavy (non-hydrogen) atoms. The number of hydrogen-bond acceptors (Lipinski definition) is 5. The van der Waals surface area contributed by atoms with Gasteiger partial charge in [0.2, 0.25) is 0 Å². The van der Waals surface area contributed by atoms with E-state index in [9.17, 15) is 10.1 Å². The molecule has 1 saturated heterocycles. The van der Waals surface area contributed by atoms with Gasteiger partial charge in [0, 0.05) is 0 Å². The molecule has 1 N–H and O–H groups in total. The number of benzene rings is 1. The number of piperidine rings is 1. The molecule has 0 amide bonds. The highest BCUT2D eigenvalue weighted by Gasteiger charge is 2.38. The van der Waals surface area contributed by atoms with E-state index in [-0.39, 0.29) is 18.0 Å². The Kier molecular flexibility index (Phi) is 5.17. The minimum Gasteiger partial charge on any atom is -0.469 e. The van der Waals surface area contributed by atoms with E-state index in [2.05, 4.69) is 17.5 Å². The number of rotatable bonds is 5. The molecule has 3 rings (SSSR count). The van der Waals surface area contributed by atoms with Gasteiger partial charge in [0.05, 0.1) is 37.2 Å². The van der Waals surface area contributed by atoms with E-state index in [1.54, 1.807) is 0 Å². The van der Waals surface area contributed by atoms with Gasteiger partial charge in [-0.3, -0.25) is 4.79 Å². The van der Waals surface area contributed by atoms with Crippen molar-refractivity contribution < 1.29 is 14.3 Å². The second-order valence-electron chi connectivity index (χ2n) is 6.73. The molecule has 1 aromatic rings. The van der Waals surface area contributed by atoms with Crippen molar-refractivity contribution in [2.24, 2.45) is 5.92 Å². The van der Waals surface area contributed by atoms with Gasteiger partial charge in [-0.05, 0) is 49.9 Å². The predicted molar refractivity (Wildman–Crippen MR) is 89.2 cm³/mol. The third-order valence-electron chi connectivity index (χ3n) is 5.31. The lowest BCUT2D eigenvalue weighted by atomic mass is 9.73. The summed E-state index contributed by atoms with van der Waals surface area (Å²) in [6.07, 6.45) is 3.21. The molecule has 5 heteroatoms. The molecule has 0 unspecified atom stereocenters. The Balaban J connectivity index is 1.65. The number of esters is 1. The molecule has 1 saturated carbocycles. The fourth-order valence-corrected chi connectivity index (χ4v) is 3.68. The molecule has 2 fully saturated rings. The highest BCUT2D eigenvalue weighted by atomic mass is 16.5. The average molecular weight is 328 g/mol. The van der Waals surface area contributed by atoms with Crippen molar-refractivity contribution in [2.45, 2.75) is 43.8 Å². The third kappa shape index (κ3) is 3.31. The third-order valence-corrected chi connectivity index (χ3v) is 5.31. The van der Waals surface area contributed by atoms with Crippen LogP contribution < -0.4 is 5.32 Å². The fourth-order valence-electron chi connectivity index (χ4n) is 3.68. The van der Waals surface area contributed by atoms with Crippen molar-refractivity contribution in [3.05, 3.63) is 35.4 Å². The van der Waals surface area contributed by atoms with Gasteiger partial charge in [0.15, 0.2) is 0 Å². The van der Waals surface area contributed by atoms with Gasteiger partial charge in [-0.2, -0.15) is 5.26 Å². The van der Waals surface area contributed by atoms with Crippen LogP contribution in [-0.2, 0) is 26.3 Å². The molecule has 0 spiro atoms. The highest BCUT2D eigenvalue weighted by Crippen LogP contribution is 2.36. The monoisotopic (exact) mass is 328 g/mol. The fraction of sp³-hybridized carbons (Fsp3) is 0.579. The van der Waals surface area contributed by atoms with E-state index in [1.807, 2.05) is 18.2 Å². The van der Waals surface area contributed by atoms with E-state index in [0.29, 0.717) is 6.61 Å². The van der Waals surface area contributed by atoms with Gasteiger partial charge in [0.25, 0.3) is 0 Å². The van der Waals surface area contributed by atoms with Crippen LogP contribution >= 0.6 is 0 Å². The van der Waals surface area contributed by atoms with Crippen molar-refractivity contribution >= 4 is 5.97 Å². The number of ether oxygens (including phenoxy) is 2. The lowest BCUT2D eigenvalue weighted by Gasteiger charge is -2.35. The Labute approximate surface area is 142 Å². The second-order valence-corrected chi connectivity index (χ2v) is 6.73. The molecule has 1 aliphatic heterocycles. The molecular weight excluding hydrogens is 304 g/mol. The first-order valence-corrected chi connectivity index (χ1v) is 8.58. The zero-order valence-corrected chi connectivity index (χ0v) is 14.1. The Morgan fingerprint density at radius 2 is 2.04 bits per heavy atom. The summed E-state index contributed by atoms with van der Waals surface area (Å²) in [6, 6.07) is 10.7. The number of nitrogens with zero attached hydrogens (tertiary/aromatic N) is 1. The van der Waals surface area contributed by atoms with Gasteiger partial charge < -0.3 is 14.8 Å². The van der Waals surface area contributed by atoms with Crippen LogP contribution in [0.3, 0.4) is 0 Å². The van der Waals surface area contributed by atoms with Crippen LogP contribution in [0.5, 0.6) is 0 Å². The highest BCUT2D eigenvalue weighted by molar-refractivity contribution is 5.73. The smallest absolute Gasteiger partial charge is 0.308 e. The first-order valence-electron chi connectivity index (χ1n) is 8.58. The molecule has 1 aromatic carbocycles. The number of carbonyl (C=O) groups excluding carboxylic acids is 1. The Morgan fingerprint density at radius 3 is 2.71 bits per heavy atom. The SMILES string of the molecule is COC(=O)C1CC(OCc2ccccc2C2(C#N)CCNCC2)C1. The number of nitrogens with one attached hydrogen (secondary N) is 1. The maximum Gasteiger partial charge on any atom is 0.308 e. The minimum atomic E-state index is -0.417. The number of carbonyl (C=O) groups is 1. The molecule has 128 valence electrons. The average Bonchev–Trinajstić information content (AvgIpc) is 2.61. The summed E-state index contributed by atoms with van der Waals surface area (Å²) in [6.45, 7) is 2.23. The molecular formula is C19H24N2O3. The van der Waals surface area contributed by atoms with Crippen LogP contribution in [0.1, 0.15) is 36.8 Å².